The van der Waals surface area contributed by atoms with Crippen molar-refractivity contribution in [3.63, 3.8) is 0 Å². The van der Waals surface area contributed by atoms with Crippen molar-refractivity contribution in [3.8, 4) is 22.8 Å². The largest absolute Gasteiger partial charge is 0.373 e. The Balaban J connectivity index is 1.49. The Morgan fingerprint density at radius 3 is 2.68 bits per heavy atom. The number of likely N-dealkylation sites (N-methyl/N-ethyl adjacent to an activating group) is 1. The molecular formula is C19H17N5O3S. The lowest BCUT2D eigenvalue weighted by Gasteiger charge is -2.21. The molecule has 1 N–H and O–H groups in total. The van der Waals surface area contributed by atoms with E-state index in [0.717, 1.165) is 6.42 Å². The normalized spacial score (nSPS) is 25.8. The number of aliphatic hydroxyl groups is 1. The average molecular weight is 395 g/mol. The first-order chi connectivity index (χ1) is 13.5. The van der Waals surface area contributed by atoms with Crippen LogP contribution in [0.2, 0.25) is 0 Å². The van der Waals surface area contributed by atoms with Gasteiger partial charge < -0.3 is 14.5 Å². The zero-order valence-electron chi connectivity index (χ0n) is 15.2. The number of hydrogen-bond donors (Lipinski definition) is 1. The molecule has 1 amide bonds. The van der Waals surface area contributed by atoms with Crippen molar-refractivity contribution in [3.05, 3.63) is 42.3 Å². The third-order valence-corrected chi connectivity index (χ3v) is 5.97. The summed E-state index contributed by atoms with van der Waals surface area (Å²) in [5.74, 6) is -0.317. The number of aromatic nitrogens is 4. The molecule has 2 aliphatic rings. The van der Waals surface area contributed by atoms with Gasteiger partial charge in [-0.25, -0.2) is 15.0 Å². The fraction of sp³-hybridized carbons (Fsp3) is 0.316. The highest BCUT2D eigenvalue weighted by Crippen LogP contribution is 2.55. The summed E-state index contributed by atoms with van der Waals surface area (Å²) in [4.78, 5) is 27.3. The van der Waals surface area contributed by atoms with Crippen molar-refractivity contribution in [2.75, 3.05) is 13.3 Å². The lowest BCUT2D eigenvalue weighted by atomic mass is 9.95. The van der Waals surface area contributed by atoms with Crippen LogP contribution in [0, 0.1) is 5.92 Å². The summed E-state index contributed by atoms with van der Waals surface area (Å²) in [6, 6.07) is 8.99. The van der Waals surface area contributed by atoms with Crippen molar-refractivity contribution in [2.24, 2.45) is 5.92 Å². The molecule has 1 saturated carbocycles. The van der Waals surface area contributed by atoms with E-state index in [2.05, 4.69) is 20.1 Å². The van der Waals surface area contributed by atoms with E-state index in [1.807, 2.05) is 18.4 Å². The number of amides is 1. The summed E-state index contributed by atoms with van der Waals surface area (Å²) in [6.07, 6.45) is 4.38. The first-order valence-corrected chi connectivity index (χ1v) is 10.1. The Bertz CT molecular complexity index is 1090. The topological polar surface area (TPSA) is 105 Å². The molecule has 3 aromatic rings. The molecule has 4 heterocycles. The highest BCUT2D eigenvalue weighted by molar-refractivity contribution is 7.98. The van der Waals surface area contributed by atoms with Crippen LogP contribution in [0.5, 0.6) is 0 Å². The van der Waals surface area contributed by atoms with Gasteiger partial charge in [-0.3, -0.25) is 4.79 Å². The molecule has 142 valence electrons. The molecule has 3 atom stereocenters. The fourth-order valence-corrected chi connectivity index (χ4v) is 4.16. The van der Waals surface area contributed by atoms with Gasteiger partial charge >= 0.3 is 0 Å². The summed E-state index contributed by atoms with van der Waals surface area (Å²) >= 11 is 1.46. The monoisotopic (exact) mass is 395 g/mol. The van der Waals surface area contributed by atoms with Crippen molar-refractivity contribution in [1.29, 1.82) is 0 Å². The van der Waals surface area contributed by atoms with E-state index < -0.39 is 5.60 Å². The average Bonchev–Trinajstić information content (AvgIpc) is 3.34. The zero-order chi connectivity index (χ0) is 19.5. The first kappa shape index (κ1) is 17.3. The third kappa shape index (κ3) is 2.46. The van der Waals surface area contributed by atoms with Crippen LogP contribution in [0.15, 0.2) is 46.2 Å². The third-order valence-electron chi connectivity index (χ3n) is 5.41. The highest BCUT2D eigenvalue weighted by Gasteiger charge is 2.68. The van der Waals surface area contributed by atoms with Gasteiger partial charge in [0, 0.05) is 31.3 Å². The number of fused-ring (bicyclic) bond motifs is 1. The van der Waals surface area contributed by atoms with E-state index in [4.69, 9.17) is 4.52 Å². The minimum absolute atomic E-state index is 0.0795. The molecule has 5 rings (SSSR count). The van der Waals surface area contributed by atoms with E-state index in [9.17, 15) is 9.90 Å². The summed E-state index contributed by atoms with van der Waals surface area (Å²) in [7, 11) is 1.71. The van der Waals surface area contributed by atoms with Crippen LogP contribution in [0.3, 0.4) is 0 Å². The Hall–Kier alpha value is -2.78. The Labute approximate surface area is 165 Å². The molecule has 28 heavy (non-hydrogen) atoms. The second kappa shape index (κ2) is 6.11. The minimum atomic E-state index is -1.64. The SMILES string of the molecule is CSc1nccc(-c2cccc(-c3cc([C@@]4(O)C(=O)N(C)[C@@H]5C[C@@H]54)on3)n2)n1. The van der Waals surface area contributed by atoms with Gasteiger partial charge in [-0.05, 0) is 30.9 Å². The molecule has 9 heteroatoms. The molecule has 2 fully saturated rings. The van der Waals surface area contributed by atoms with Gasteiger partial charge in [0.05, 0.1) is 17.1 Å². The Kier molecular flexibility index (Phi) is 3.78. The van der Waals surface area contributed by atoms with E-state index in [1.54, 1.807) is 36.3 Å². The number of piperidine rings is 1. The number of likely N-dealkylation sites (tertiary alicyclic amines) is 1. The molecule has 1 aliphatic carbocycles. The van der Waals surface area contributed by atoms with Crippen molar-refractivity contribution >= 4 is 17.7 Å². The number of thioether (sulfide) groups is 1. The summed E-state index contributed by atoms with van der Waals surface area (Å²) in [5, 5.41) is 15.7. The molecule has 0 aromatic carbocycles. The Morgan fingerprint density at radius 1 is 1.21 bits per heavy atom. The van der Waals surface area contributed by atoms with Gasteiger partial charge in [-0.15, -0.1) is 0 Å². The molecule has 0 radical (unpaired) electrons. The van der Waals surface area contributed by atoms with Crippen molar-refractivity contribution in [1.82, 2.24) is 25.0 Å². The molecule has 3 aromatic heterocycles. The smallest absolute Gasteiger partial charge is 0.262 e. The number of hydrogen-bond acceptors (Lipinski definition) is 8. The van der Waals surface area contributed by atoms with Gasteiger partial charge in [-0.1, -0.05) is 23.0 Å². The van der Waals surface area contributed by atoms with E-state index in [1.165, 1.54) is 11.8 Å². The van der Waals surface area contributed by atoms with Gasteiger partial charge in [0.1, 0.15) is 5.69 Å². The first-order valence-electron chi connectivity index (χ1n) is 8.84. The second-order valence-electron chi connectivity index (χ2n) is 7.01. The molecule has 0 spiro atoms. The number of carbonyl (C=O) groups excluding carboxylic acids is 1. The maximum absolute atomic E-state index is 12.5. The maximum Gasteiger partial charge on any atom is 0.262 e. The number of rotatable bonds is 4. The van der Waals surface area contributed by atoms with E-state index >= 15 is 0 Å². The molecule has 1 aliphatic heterocycles. The molecule has 0 bridgehead atoms. The predicted octanol–water partition coefficient (Wildman–Crippen LogP) is 1.96. The van der Waals surface area contributed by atoms with Crippen LogP contribution >= 0.6 is 11.8 Å². The van der Waals surface area contributed by atoms with E-state index in [-0.39, 0.29) is 23.6 Å². The van der Waals surface area contributed by atoms with E-state index in [0.29, 0.717) is 27.9 Å². The lowest BCUT2D eigenvalue weighted by Crippen LogP contribution is -2.40. The summed E-state index contributed by atoms with van der Waals surface area (Å²) < 4.78 is 5.39. The zero-order valence-corrected chi connectivity index (χ0v) is 16.1. The minimum Gasteiger partial charge on any atom is -0.373 e. The van der Waals surface area contributed by atoms with Gasteiger partial charge in [0.15, 0.2) is 10.9 Å². The van der Waals surface area contributed by atoms with Crippen LogP contribution < -0.4 is 0 Å². The maximum atomic E-state index is 12.5. The summed E-state index contributed by atoms with van der Waals surface area (Å²) in [6.45, 7) is 0. The lowest BCUT2D eigenvalue weighted by molar-refractivity contribution is -0.149. The van der Waals surface area contributed by atoms with Gasteiger partial charge in [-0.2, -0.15) is 0 Å². The fourth-order valence-electron chi connectivity index (χ4n) is 3.80. The molecule has 0 unspecified atom stereocenters. The summed E-state index contributed by atoms with van der Waals surface area (Å²) in [5.41, 5.74) is 0.784. The van der Waals surface area contributed by atoms with Crippen LogP contribution in [0.25, 0.3) is 22.8 Å². The van der Waals surface area contributed by atoms with Crippen LogP contribution in [0.4, 0.5) is 0 Å². The quantitative estimate of drug-likeness (QED) is 0.528. The van der Waals surface area contributed by atoms with Crippen molar-refractivity contribution < 1.29 is 14.4 Å². The van der Waals surface area contributed by atoms with Crippen molar-refractivity contribution in [2.45, 2.75) is 23.2 Å². The van der Waals surface area contributed by atoms with Gasteiger partial charge in [0.25, 0.3) is 5.91 Å². The standard InChI is InChI=1S/C19H17N5O3S/c1-24-15-8-10(15)19(26,17(24)25)16-9-14(23-27-16)12-5-3-4-11(21-12)13-6-7-20-18(22-13)28-2/h3-7,9-10,15,26H,8H2,1-2H3/t10-,15+,19+/m0/s1. The number of pyridine rings is 1. The Morgan fingerprint density at radius 2 is 1.96 bits per heavy atom. The van der Waals surface area contributed by atoms with Crippen LogP contribution in [0.1, 0.15) is 12.2 Å². The van der Waals surface area contributed by atoms with Gasteiger partial charge in [0.2, 0.25) is 5.60 Å². The highest BCUT2D eigenvalue weighted by atomic mass is 32.2. The second-order valence-corrected chi connectivity index (χ2v) is 7.78. The number of nitrogens with zero attached hydrogens (tertiary/aromatic N) is 5. The molecule has 1 saturated heterocycles. The molecular weight excluding hydrogens is 378 g/mol. The predicted molar refractivity (Wildman–Crippen MR) is 101 cm³/mol. The van der Waals surface area contributed by atoms with Crippen LogP contribution in [-0.4, -0.2) is 55.4 Å². The number of carbonyl (C=O) groups is 1. The van der Waals surface area contributed by atoms with Crippen LogP contribution in [-0.2, 0) is 10.4 Å². The molecule has 8 nitrogen and oxygen atoms in total.